The summed E-state index contributed by atoms with van der Waals surface area (Å²) in [5.74, 6) is 0.247. The lowest BCUT2D eigenvalue weighted by Crippen LogP contribution is -2.53. The fourth-order valence-corrected chi connectivity index (χ4v) is 6.23. The van der Waals surface area contributed by atoms with E-state index in [2.05, 4.69) is 46.7 Å². The first-order valence-electron chi connectivity index (χ1n) is 13.9. The van der Waals surface area contributed by atoms with Crippen molar-refractivity contribution in [1.82, 2.24) is 15.2 Å². The molecule has 1 aromatic carbocycles. The molecule has 1 aliphatic heterocycles. The van der Waals surface area contributed by atoms with Crippen molar-refractivity contribution in [1.29, 1.82) is 0 Å². The molecule has 1 saturated heterocycles. The second-order valence-electron chi connectivity index (χ2n) is 10.9. The Kier molecular flexibility index (Phi) is 7.54. The average molecular weight is 486 g/mol. The maximum atomic E-state index is 14.1. The summed E-state index contributed by atoms with van der Waals surface area (Å²) in [4.78, 5) is 33.6. The van der Waals surface area contributed by atoms with Crippen LogP contribution in [0.2, 0.25) is 0 Å². The molecule has 5 nitrogen and oxygen atoms in total. The van der Waals surface area contributed by atoms with E-state index < -0.39 is 6.04 Å². The van der Waals surface area contributed by atoms with Gasteiger partial charge in [-0.15, -0.1) is 0 Å². The predicted octanol–water partition coefficient (Wildman–Crippen LogP) is 5.84. The zero-order valence-corrected chi connectivity index (χ0v) is 21.7. The summed E-state index contributed by atoms with van der Waals surface area (Å²) >= 11 is 0. The van der Waals surface area contributed by atoms with Gasteiger partial charge in [-0.25, -0.2) is 0 Å². The van der Waals surface area contributed by atoms with E-state index in [1.807, 2.05) is 31.1 Å². The topological polar surface area (TPSA) is 62.3 Å². The molecule has 1 N–H and O–H groups in total. The normalized spacial score (nSPS) is 21.6. The molecule has 0 spiro atoms. The van der Waals surface area contributed by atoms with Gasteiger partial charge in [-0.3, -0.25) is 14.6 Å². The van der Waals surface area contributed by atoms with Crippen LogP contribution >= 0.6 is 0 Å². The van der Waals surface area contributed by atoms with Crippen LogP contribution in [0.3, 0.4) is 0 Å². The Labute approximate surface area is 215 Å². The summed E-state index contributed by atoms with van der Waals surface area (Å²) in [6, 6.07) is 10.4. The van der Waals surface area contributed by atoms with Gasteiger partial charge in [0, 0.05) is 30.4 Å². The molecule has 36 heavy (non-hydrogen) atoms. The number of hydrogen-bond acceptors (Lipinski definition) is 3. The largest absolute Gasteiger partial charge is 0.344 e. The minimum Gasteiger partial charge on any atom is -0.344 e. The third-order valence-corrected chi connectivity index (χ3v) is 8.57. The molecule has 2 amide bonds. The second kappa shape index (κ2) is 11.0. The number of nitrogens with one attached hydrogen (secondary N) is 1. The van der Waals surface area contributed by atoms with E-state index >= 15 is 0 Å². The van der Waals surface area contributed by atoms with Gasteiger partial charge in [-0.05, 0) is 72.8 Å². The Morgan fingerprint density at radius 1 is 1.08 bits per heavy atom. The maximum absolute atomic E-state index is 14.1. The number of rotatable bonds is 7. The van der Waals surface area contributed by atoms with Gasteiger partial charge in [-0.1, -0.05) is 63.5 Å². The van der Waals surface area contributed by atoms with Crippen LogP contribution in [0.25, 0.3) is 5.57 Å². The highest BCUT2D eigenvalue weighted by molar-refractivity contribution is 5.89. The number of nitrogens with zero attached hydrogens (tertiary/aromatic N) is 2. The molecular weight excluding hydrogens is 446 g/mol. The zero-order valence-electron chi connectivity index (χ0n) is 21.7. The number of hydrogen-bond donors (Lipinski definition) is 1. The molecular formula is C31H39N3O2. The molecule has 3 aliphatic rings. The molecule has 2 aromatic rings. The van der Waals surface area contributed by atoms with Crippen LogP contribution in [0.15, 0.2) is 48.8 Å². The third kappa shape index (κ3) is 4.98. The minimum absolute atomic E-state index is 0.00710. The van der Waals surface area contributed by atoms with Crippen LogP contribution < -0.4 is 5.32 Å². The van der Waals surface area contributed by atoms with Crippen molar-refractivity contribution in [2.45, 2.75) is 83.7 Å². The Bertz CT molecular complexity index is 1130. The first kappa shape index (κ1) is 24.7. The van der Waals surface area contributed by atoms with Crippen LogP contribution in [0, 0.1) is 11.8 Å². The van der Waals surface area contributed by atoms with E-state index in [0.717, 1.165) is 69.0 Å². The quantitative estimate of drug-likeness (QED) is 0.536. The number of carbonyl (C=O) groups excluding carboxylic acids is 2. The Morgan fingerprint density at radius 2 is 1.89 bits per heavy atom. The molecule has 190 valence electrons. The van der Waals surface area contributed by atoms with E-state index in [9.17, 15) is 9.59 Å². The monoisotopic (exact) mass is 485 g/mol. The number of amides is 2. The average Bonchev–Trinajstić information content (AvgIpc) is 3.59. The standard InChI is InChI=1S/C31H39N3O2/c1-3-21(2)30(35)33-29(23-11-5-4-6-12-23)31(36)34-17-9-14-28(34)25-18-24(19-32-20-25)27-16-15-22-10-7-8-13-26(22)27/h7-8,10,13,16,18-21,23,28-29H,3-6,9,11-12,14-15,17H2,1-2H3,(H,33,35). The molecule has 5 heteroatoms. The number of allylic oxidation sites excluding steroid dienone is 1. The van der Waals surface area contributed by atoms with E-state index in [-0.39, 0.29) is 29.7 Å². The highest BCUT2D eigenvalue weighted by Crippen LogP contribution is 2.37. The minimum atomic E-state index is -0.423. The highest BCUT2D eigenvalue weighted by Gasteiger charge is 2.39. The fraction of sp³-hybridized carbons (Fsp3) is 0.516. The number of fused-ring (bicyclic) bond motifs is 1. The number of likely N-dealkylation sites (tertiary alicyclic amines) is 1. The molecule has 3 atom stereocenters. The molecule has 0 radical (unpaired) electrons. The Morgan fingerprint density at radius 3 is 2.69 bits per heavy atom. The summed E-state index contributed by atoms with van der Waals surface area (Å²) in [6.07, 6.45) is 15.3. The number of carbonyl (C=O) groups is 2. The van der Waals surface area contributed by atoms with Crippen LogP contribution in [-0.2, 0) is 16.0 Å². The van der Waals surface area contributed by atoms with Gasteiger partial charge in [0.25, 0.3) is 0 Å². The Balaban J connectivity index is 1.39. The molecule has 2 fully saturated rings. The van der Waals surface area contributed by atoms with Crippen molar-refractivity contribution in [2.75, 3.05) is 6.54 Å². The maximum Gasteiger partial charge on any atom is 0.245 e. The lowest BCUT2D eigenvalue weighted by molar-refractivity contribution is -0.140. The van der Waals surface area contributed by atoms with E-state index in [0.29, 0.717) is 0 Å². The first-order chi connectivity index (χ1) is 17.6. The fourth-order valence-electron chi connectivity index (χ4n) is 6.23. The van der Waals surface area contributed by atoms with Crippen LogP contribution in [0.4, 0.5) is 0 Å². The van der Waals surface area contributed by atoms with Gasteiger partial charge in [0.1, 0.15) is 6.04 Å². The van der Waals surface area contributed by atoms with Crippen molar-refractivity contribution in [2.24, 2.45) is 11.8 Å². The van der Waals surface area contributed by atoms with E-state index in [1.54, 1.807) is 0 Å². The zero-order chi connectivity index (χ0) is 25.1. The SMILES string of the molecule is CCC(C)C(=O)NC(C(=O)N1CCCC1c1cncc(C2=CCc3ccccc32)c1)C1CCCCC1. The van der Waals surface area contributed by atoms with Crippen molar-refractivity contribution in [3.63, 3.8) is 0 Å². The van der Waals surface area contributed by atoms with Gasteiger partial charge < -0.3 is 10.2 Å². The second-order valence-corrected chi connectivity index (χ2v) is 10.9. The molecule has 5 rings (SSSR count). The van der Waals surface area contributed by atoms with Crippen molar-refractivity contribution in [3.05, 3.63) is 71.1 Å². The van der Waals surface area contributed by atoms with Gasteiger partial charge in [-0.2, -0.15) is 0 Å². The van der Waals surface area contributed by atoms with Crippen molar-refractivity contribution < 1.29 is 9.59 Å². The van der Waals surface area contributed by atoms with Crippen LogP contribution in [0.1, 0.15) is 93.5 Å². The van der Waals surface area contributed by atoms with Crippen LogP contribution in [-0.4, -0.2) is 34.3 Å². The van der Waals surface area contributed by atoms with Gasteiger partial charge in [0.05, 0.1) is 6.04 Å². The molecule has 2 aliphatic carbocycles. The number of pyridine rings is 1. The smallest absolute Gasteiger partial charge is 0.245 e. The molecule has 1 aromatic heterocycles. The molecule has 0 bridgehead atoms. The number of aromatic nitrogens is 1. The van der Waals surface area contributed by atoms with Crippen LogP contribution in [0.5, 0.6) is 0 Å². The number of benzene rings is 1. The highest BCUT2D eigenvalue weighted by atomic mass is 16.2. The van der Waals surface area contributed by atoms with Gasteiger partial charge >= 0.3 is 0 Å². The summed E-state index contributed by atoms with van der Waals surface area (Å²) in [5.41, 5.74) is 6.07. The van der Waals surface area contributed by atoms with Gasteiger partial charge in [0.2, 0.25) is 11.8 Å². The Hall–Kier alpha value is -2.95. The summed E-state index contributed by atoms with van der Waals surface area (Å²) < 4.78 is 0. The van der Waals surface area contributed by atoms with Crippen molar-refractivity contribution in [3.8, 4) is 0 Å². The third-order valence-electron chi connectivity index (χ3n) is 8.57. The predicted molar refractivity (Wildman–Crippen MR) is 143 cm³/mol. The molecule has 2 heterocycles. The summed E-state index contributed by atoms with van der Waals surface area (Å²) in [5, 5.41) is 3.20. The lowest BCUT2D eigenvalue weighted by Gasteiger charge is -2.35. The van der Waals surface area contributed by atoms with E-state index in [1.165, 1.54) is 23.1 Å². The van der Waals surface area contributed by atoms with Crippen molar-refractivity contribution >= 4 is 17.4 Å². The van der Waals surface area contributed by atoms with E-state index in [4.69, 9.17) is 0 Å². The molecule has 1 saturated carbocycles. The first-order valence-corrected chi connectivity index (χ1v) is 13.9. The lowest BCUT2D eigenvalue weighted by atomic mass is 9.83. The van der Waals surface area contributed by atoms with Gasteiger partial charge in [0.15, 0.2) is 0 Å². The summed E-state index contributed by atoms with van der Waals surface area (Å²) in [6.45, 7) is 4.71. The summed E-state index contributed by atoms with van der Waals surface area (Å²) in [7, 11) is 0. The molecule has 3 unspecified atom stereocenters.